The molecule has 0 aromatic heterocycles. The standard InChI is InChI=1S/C34H36O7/c1-24(2)11-10-12-25(3)19-20-39-27-17-18-29(32(21-27)40-23-26-13-6-5-7-14-26)34(37)41-31-16-9-8-15-28(31)30(35)22-33(36)38-4/h5-9,11,13-19,21H,10,12,20,22-23H2,1-4H3/b25-19+. The molecule has 0 atom stereocenters. The Hall–Kier alpha value is -4.65. The van der Waals surface area contributed by atoms with Crippen LogP contribution in [0.2, 0.25) is 0 Å². The molecule has 0 bridgehead atoms. The van der Waals surface area contributed by atoms with Crippen LogP contribution in [0, 0.1) is 0 Å². The molecule has 0 aliphatic carbocycles. The van der Waals surface area contributed by atoms with Crippen LogP contribution in [0.3, 0.4) is 0 Å². The third kappa shape index (κ3) is 10.1. The van der Waals surface area contributed by atoms with Crippen molar-refractivity contribution in [1.29, 1.82) is 0 Å². The number of carbonyl (C=O) groups excluding carboxylic acids is 3. The maximum atomic E-state index is 13.3. The fourth-order valence-electron chi connectivity index (χ4n) is 3.83. The molecule has 7 heteroatoms. The molecule has 0 saturated heterocycles. The number of ketones is 1. The van der Waals surface area contributed by atoms with Gasteiger partial charge in [-0.05, 0) is 69.5 Å². The molecule has 0 aliphatic rings. The first-order valence-electron chi connectivity index (χ1n) is 13.4. The van der Waals surface area contributed by atoms with Crippen molar-refractivity contribution < 1.29 is 33.3 Å². The number of ether oxygens (including phenoxy) is 4. The highest BCUT2D eigenvalue weighted by Crippen LogP contribution is 2.29. The lowest BCUT2D eigenvalue weighted by Crippen LogP contribution is -2.15. The Labute approximate surface area is 241 Å². The molecule has 214 valence electrons. The third-order valence-electron chi connectivity index (χ3n) is 6.11. The minimum absolute atomic E-state index is 0.0365. The van der Waals surface area contributed by atoms with Gasteiger partial charge < -0.3 is 18.9 Å². The van der Waals surface area contributed by atoms with Gasteiger partial charge in [-0.1, -0.05) is 59.7 Å². The van der Waals surface area contributed by atoms with Gasteiger partial charge in [0.25, 0.3) is 0 Å². The van der Waals surface area contributed by atoms with E-state index in [-0.39, 0.29) is 29.2 Å². The molecule has 3 rings (SSSR count). The van der Waals surface area contributed by atoms with Gasteiger partial charge in [0.05, 0.1) is 12.7 Å². The number of rotatable bonds is 14. The van der Waals surface area contributed by atoms with E-state index >= 15 is 0 Å². The highest BCUT2D eigenvalue weighted by atomic mass is 16.5. The zero-order valence-corrected chi connectivity index (χ0v) is 24.0. The summed E-state index contributed by atoms with van der Waals surface area (Å²) in [4.78, 5) is 37.5. The summed E-state index contributed by atoms with van der Waals surface area (Å²) in [6.45, 7) is 6.84. The van der Waals surface area contributed by atoms with Crippen molar-refractivity contribution in [2.75, 3.05) is 13.7 Å². The van der Waals surface area contributed by atoms with E-state index in [1.54, 1.807) is 30.3 Å². The fourth-order valence-corrected chi connectivity index (χ4v) is 3.83. The molecule has 0 amide bonds. The molecule has 0 radical (unpaired) electrons. The summed E-state index contributed by atoms with van der Waals surface area (Å²) in [5, 5.41) is 0. The van der Waals surface area contributed by atoms with E-state index in [0.29, 0.717) is 12.4 Å². The van der Waals surface area contributed by atoms with Crippen LogP contribution in [0.5, 0.6) is 17.2 Å². The first-order chi connectivity index (χ1) is 19.8. The van der Waals surface area contributed by atoms with Gasteiger partial charge in [0.1, 0.15) is 42.4 Å². The van der Waals surface area contributed by atoms with Gasteiger partial charge >= 0.3 is 11.9 Å². The average Bonchev–Trinajstić information content (AvgIpc) is 2.96. The van der Waals surface area contributed by atoms with Crippen molar-refractivity contribution in [3.05, 3.63) is 113 Å². The van der Waals surface area contributed by atoms with E-state index in [1.807, 2.05) is 36.4 Å². The Morgan fingerprint density at radius 2 is 1.51 bits per heavy atom. The Balaban J connectivity index is 1.79. The summed E-state index contributed by atoms with van der Waals surface area (Å²) in [7, 11) is 1.20. The van der Waals surface area contributed by atoms with Crippen molar-refractivity contribution in [1.82, 2.24) is 0 Å². The Kier molecular flexibility index (Phi) is 11.9. The summed E-state index contributed by atoms with van der Waals surface area (Å²) in [5.74, 6) is -1.07. The van der Waals surface area contributed by atoms with Crippen molar-refractivity contribution in [2.24, 2.45) is 0 Å². The van der Waals surface area contributed by atoms with Crippen molar-refractivity contribution in [3.8, 4) is 17.2 Å². The average molecular weight is 557 g/mol. The second-order valence-electron chi connectivity index (χ2n) is 9.68. The van der Waals surface area contributed by atoms with E-state index in [9.17, 15) is 14.4 Å². The quantitative estimate of drug-likeness (QED) is 0.0677. The first kappa shape index (κ1) is 30.9. The number of hydrogen-bond acceptors (Lipinski definition) is 7. The van der Waals surface area contributed by atoms with E-state index < -0.39 is 24.1 Å². The Morgan fingerprint density at radius 3 is 2.24 bits per heavy atom. The lowest BCUT2D eigenvalue weighted by atomic mass is 10.1. The van der Waals surface area contributed by atoms with Crippen molar-refractivity contribution in [2.45, 2.75) is 46.6 Å². The van der Waals surface area contributed by atoms with Gasteiger partial charge in [-0.3, -0.25) is 9.59 Å². The van der Waals surface area contributed by atoms with Gasteiger partial charge in [0.2, 0.25) is 0 Å². The molecule has 0 spiro atoms. The van der Waals surface area contributed by atoms with Gasteiger partial charge in [-0.15, -0.1) is 0 Å². The normalized spacial score (nSPS) is 10.9. The van der Waals surface area contributed by atoms with E-state index in [2.05, 4.69) is 31.6 Å². The summed E-state index contributed by atoms with van der Waals surface area (Å²) in [5.41, 5.74) is 3.71. The largest absolute Gasteiger partial charge is 0.489 e. The molecule has 0 unspecified atom stereocenters. The van der Waals surface area contributed by atoms with Gasteiger partial charge in [0, 0.05) is 6.07 Å². The highest BCUT2D eigenvalue weighted by Gasteiger charge is 2.21. The molecule has 3 aromatic carbocycles. The maximum Gasteiger partial charge on any atom is 0.347 e. The van der Waals surface area contributed by atoms with Gasteiger partial charge in [-0.25, -0.2) is 4.79 Å². The molecule has 0 N–H and O–H groups in total. The van der Waals surface area contributed by atoms with E-state index in [4.69, 9.17) is 14.2 Å². The third-order valence-corrected chi connectivity index (χ3v) is 6.11. The number of carbonyl (C=O) groups is 3. The van der Waals surface area contributed by atoms with Crippen LogP contribution in [-0.2, 0) is 16.1 Å². The number of hydrogen-bond donors (Lipinski definition) is 0. The summed E-state index contributed by atoms with van der Waals surface area (Å²) >= 11 is 0. The second-order valence-corrected chi connectivity index (χ2v) is 9.68. The van der Waals surface area contributed by atoms with Crippen LogP contribution in [0.25, 0.3) is 0 Å². The monoisotopic (exact) mass is 556 g/mol. The first-order valence-corrected chi connectivity index (χ1v) is 13.4. The van der Waals surface area contributed by atoms with Crippen LogP contribution in [-0.4, -0.2) is 31.4 Å². The Bertz CT molecular complexity index is 1400. The molecule has 0 saturated carbocycles. The van der Waals surface area contributed by atoms with Crippen molar-refractivity contribution >= 4 is 17.7 Å². The lowest BCUT2D eigenvalue weighted by Gasteiger charge is -2.14. The smallest absolute Gasteiger partial charge is 0.347 e. The highest BCUT2D eigenvalue weighted by molar-refractivity contribution is 6.08. The molecule has 3 aromatic rings. The second kappa shape index (κ2) is 15.8. The summed E-state index contributed by atoms with van der Waals surface area (Å²) in [6.07, 6.45) is 5.71. The maximum absolute atomic E-state index is 13.3. The van der Waals surface area contributed by atoms with Crippen LogP contribution in [0.1, 0.15) is 66.3 Å². The SMILES string of the molecule is COC(=O)CC(=O)c1ccccc1OC(=O)c1ccc(OC/C=C(\C)CCC=C(C)C)cc1OCc1ccccc1. The van der Waals surface area contributed by atoms with Crippen LogP contribution in [0.15, 0.2) is 96.1 Å². The van der Waals surface area contributed by atoms with Crippen LogP contribution in [0.4, 0.5) is 0 Å². The number of Topliss-reactive ketones (excluding diaryl/α,β-unsaturated/α-hetero) is 1. The number of para-hydroxylation sites is 1. The van der Waals surface area contributed by atoms with E-state index in [0.717, 1.165) is 18.4 Å². The fraction of sp³-hybridized carbons (Fsp3) is 0.265. The molecule has 0 fully saturated rings. The van der Waals surface area contributed by atoms with Crippen molar-refractivity contribution in [3.63, 3.8) is 0 Å². The topological polar surface area (TPSA) is 88.1 Å². The zero-order chi connectivity index (χ0) is 29.6. The number of allylic oxidation sites excluding steroid dienone is 3. The molecule has 7 nitrogen and oxygen atoms in total. The summed E-state index contributed by atoms with van der Waals surface area (Å²) < 4.78 is 22.2. The predicted molar refractivity (Wildman–Crippen MR) is 157 cm³/mol. The molecule has 41 heavy (non-hydrogen) atoms. The zero-order valence-electron chi connectivity index (χ0n) is 24.0. The number of benzene rings is 3. The van der Waals surface area contributed by atoms with Gasteiger partial charge in [-0.2, -0.15) is 0 Å². The molecule has 0 aliphatic heterocycles. The number of methoxy groups -OCH3 is 1. The Morgan fingerprint density at radius 1 is 0.780 bits per heavy atom. The molecular formula is C34H36O7. The van der Waals surface area contributed by atoms with Crippen LogP contribution >= 0.6 is 0 Å². The van der Waals surface area contributed by atoms with Crippen LogP contribution < -0.4 is 14.2 Å². The number of esters is 2. The molecular weight excluding hydrogens is 520 g/mol. The lowest BCUT2D eigenvalue weighted by molar-refractivity contribution is -0.139. The minimum atomic E-state index is -0.715. The summed E-state index contributed by atoms with van der Waals surface area (Å²) in [6, 6.07) is 20.7. The minimum Gasteiger partial charge on any atom is -0.489 e. The molecule has 0 heterocycles. The predicted octanol–water partition coefficient (Wildman–Crippen LogP) is 7.30. The van der Waals surface area contributed by atoms with Gasteiger partial charge in [0.15, 0.2) is 5.78 Å². The van der Waals surface area contributed by atoms with E-state index in [1.165, 1.54) is 30.4 Å².